The summed E-state index contributed by atoms with van der Waals surface area (Å²) in [5, 5.41) is 50.4. The summed E-state index contributed by atoms with van der Waals surface area (Å²) in [5.74, 6) is 0.733. The third kappa shape index (κ3) is 5.39. The average Bonchev–Trinajstić information content (AvgIpc) is 3.34. The molecule has 1 saturated heterocycles. The van der Waals surface area contributed by atoms with Crippen LogP contribution >= 0.6 is 0 Å². The summed E-state index contributed by atoms with van der Waals surface area (Å²) >= 11 is 0. The van der Waals surface area contributed by atoms with E-state index in [9.17, 15) is 30.3 Å². The average molecular weight is 549 g/mol. The van der Waals surface area contributed by atoms with Crippen molar-refractivity contribution in [3.8, 4) is 28.7 Å². The number of carbonyl (C=O) groups is 1. The van der Waals surface area contributed by atoms with Gasteiger partial charge < -0.3 is 54.0 Å². The van der Waals surface area contributed by atoms with Crippen molar-refractivity contribution in [2.45, 2.75) is 42.7 Å². The summed E-state index contributed by atoms with van der Waals surface area (Å²) < 4.78 is 34.1. The number of allylic oxidation sites excluding steroid dienone is 1. The van der Waals surface area contributed by atoms with Crippen LogP contribution in [0.2, 0.25) is 0 Å². The molecule has 0 amide bonds. The van der Waals surface area contributed by atoms with Crippen molar-refractivity contribution in [2.24, 2.45) is 0 Å². The number of aldehydes is 1. The lowest BCUT2D eigenvalue weighted by Crippen LogP contribution is -2.60. The van der Waals surface area contributed by atoms with Crippen LogP contribution in [-0.4, -0.2) is 97.1 Å². The molecule has 4 rings (SSSR count). The molecular weight excluding hydrogens is 516 g/mol. The predicted molar refractivity (Wildman–Crippen MR) is 135 cm³/mol. The number of hydrogen-bond donors (Lipinski definition) is 5. The topological polar surface area (TPSA) is 174 Å². The van der Waals surface area contributed by atoms with Gasteiger partial charge in [-0.2, -0.15) is 0 Å². The highest BCUT2D eigenvalue weighted by Gasteiger charge is 2.45. The molecule has 7 atom stereocenters. The van der Waals surface area contributed by atoms with E-state index in [2.05, 4.69) is 0 Å². The molecule has 0 radical (unpaired) electrons. The molecule has 212 valence electrons. The fourth-order valence-corrected chi connectivity index (χ4v) is 4.77. The van der Waals surface area contributed by atoms with E-state index in [1.807, 2.05) is 6.07 Å². The summed E-state index contributed by atoms with van der Waals surface area (Å²) in [6.45, 7) is -0.883. The third-order valence-electron chi connectivity index (χ3n) is 6.79. The number of aliphatic hydroxyl groups is 5. The van der Waals surface area contributed by atoms with E-state index < -0.39 is 49.3 Å². The first kappa shape index (κ1) is 28.6. The Morgan fingerprint density at radius 2 is 1.54 bits per heavy atom. The normalized spacial score (nSPS) is 28.1. The largest absolute Gasteiger partial charge is 0.493 e. The molecule has 0 unspecified atom stereocenters. The van der Waals surface area contributed by atoms with Gasteiger partial charge in [0, 0.05) is 11.1 Å². The standard InChI is InChI=1S/C27H32O12/c1-34-17-8-13(5-4-6-28)7-15-16(11-29)24(38-25(15)17)14-9-18(35-2)26(19(10-14)36-3)39-27-23(33)22(32)21(31)20(12-30)37-27/h4-10,16,20-24,27,29-33H,11-12H2,1-3H3/b5-4-/t16-,20-,21-,22+,23-,24+,27+/m1/s1. The fraction of sp³-hybridized carbons (Fsp3) is 0.444. The molecule has 2 aromatic carbocycles. The molecule has 5 N–H and O–H groups in total. The number of hydrogen-bond acceptors (Lipinski definition) is 12. The molecular formula is C27H32O12. The Morgan fingerprint density at radius 3 is 2.10 bits per heavy atom. The van der Waals surface area contributed by atoms with Crippen LogP contribution in [0.4, 0.5) is 0 Å². The predicted octanol–water partition coefficient (Wildman–Crippen LogP) is 0.313. The second-order valence-corrected chi connectivity index (χ2v) is 9.03. The van der Waals surface area contributed by atoms with Crippen molar-refractivity contribution >= 4 is 12.4 Å². The van der Waals surface area contributed by atoms with Crippen molar-refractivity contribution in [3.63, 3.8) is 0 Å². The number of carbonyl (C=O) groups excluding carboxylic acids is 1. The van der Waals surface area contributed by atoms with Crippen molar-refractivity contribution in [3.05, 3.63) is 47.0 Å². The van der Waals surface area contributed by atoms with Crippen LogP contribution in [0.15, 0.2) is 30.3 Å². The quantitative estimate of drug-likeness (QED) is 0.203. The van der Waals surface area contributed by atoms with Crippen molar-refractivity contribution in [1.29, 1.82) is 0 Å². The third-order valence-corrected chi connectivity index (χ3v) is 6.79. The number of aliphatic hydroxyl groups excluding tert-OH is 5. The maximum Gasteiger partial charge on any atom is 0.229 e. The van der Waals surface area contributed by atoms with Gasteiger partial charge in [0.15, 0.2) is 23.0 Å². The molecule has 2 heterocycles. The molecule has 12 nitrogen and oxygen atoms in total. The van der Waals surface area contributed by atoms with Gasteiger partial charge in [-0.1, -0.05) is 6.08 Å². The first-order valence-corrected chi connectivity index (χ1v) is 12.2. The maximum atomic E-state index is 10.8. The molecule has 39 heavy (non-hydrogen) atoms. The van der Waals surface area contributed by atoms with Gasteiger partial charge >= 0.3 is 0 Å². The molecule has 2 aliphatic rings. The second kappa shape index (κ2) is 12.2. The van der Waals surface area contributed by atoms with Crippen molar-refractivity contribution in [2.75, 3.05) is 34.5 Å². The molecule has 0 spiro atoms. The van der Waals surface area contributed by atoms with E-state index >= 15 is 0 Å². The highest BCUT2D eigenvalue weighted by Crippen LogP contribution is 2.53. The Bertz CT molecular complexity index is 1170. The van der Waals surface area contributed by atoms with Crippen molar-refractivity contribution in [1.82, 2.24) is 0 Å². The number of benzene rings is 2. The first-order valence-electron chi connectivity index (χ1n) is 12.2. The smallest absolute Gasteiger partial charge is 0.229 e. The number of methoxy groups -OCH3 is 3. The lowest BCUT2D eigenvalue weighted by Gasteiger charge is -2.39. The zero-order valence-electron chi connectivity index (χ0n) is 21.6. The zero-order chi connectivity index (χ0) is 28.3. The van der Waals surface area contributed by atoms with Gasteiger partial charge in [-0.05, 0) is 35.9 Å². The number of rotatable bonds is 10. The number of fused-ring (bicyclic) bond motifs is 1. The summed E-state index contributed by atoms with van der Waals surface area (Å²) in [4.78, 5) is 10.8. The Hall–Kier alpha value is -3.39. The van der Waals surface area contributed by atoms with Crippen LogP contribution < -0.4 is 23.7 Å². The van der Waals surface area contributed by atoms with Crippen LogP contribution in [0.1, 0.15) is 28.7 Å². The lowest BCUT2D eigenvalue weighted by molar-refractivity contribution is -0.277. The maximum absolute atomic E-state index is 10.8. The summed E-state index contributed by atoms with van der Waals surface area (Å²) in [5.41, 5.74) is 1.94. The zero-order valence-corrected chi connectivity index (χ0v) is 21.6. The Balaban J connectivity index is 1.70. The monoisotopic (exact) mass is 548 g/mol. The van der Waals surface area contributed by atoms with E-state index in [4.69, 9.17) is 28.4 Å². The highest BCUT2D eigenvalue weighted by atomic mass is 16.7. The molecule has 0 aliphatic carbocycles. The van der Waals surface area contributed by atoms with E-state index in [1.54, 1.807) is 24.3 Å². The second-order valence-electron chi connectivity index (χ2n) is 9.03. The van der Waals surface area contributed by atoms with E-state index in [0.29, 0.717) is 34.5 Å². The van der Waals surface area contributed by atoms with E-state index in [-0.39, 0.29) is 23.9 Å². The molecule has 2 aromatic rings. The molecule has 12 heteroatoms. The SMILES string of the molecule is COc1cc([C@@H]2Oc3c(OC)cc(/C=C\C=O)cc3[C@H]2CO)cc(OC)c1O[C@@H]1O[C@H](CO)[C@@H](O)[C@H](O)[C@H]1O. The van der Waals surface area contributed by atoms with E-state index in [0.717, 1.165) is 0 Å². The summed E-state index contributed by atoms with van der Waals surface area (Å²) in [6.07, 6.45) is -4.49. The molecule has 0 saturated carbocycles. The van der Waals surface area contributed by atoms with Crippen LogP contribution in [-0.2, 0) is 9.53 Å². The lowest BCUT2D eigenvalue weighted by atomic mass is 9.90. The van der Waals surface area contributed by atoms with Gasteiger partial charge in [-0.15, -0.1) is 0 Å². The van der Waals surface area contributed by atoms with Gasteiger partial charge in [-0.25, -0.2) is 0 Å². The van der Waals surface area contributed by atoms with E-state index in [1.165, 1.54) is 27.4 Å². The van der Waals surface area contributed by atoms with Crippen molar-refractivity contribution < 1.29 is 58.7 Å². The number of ether oxygens (including phenoxy) is 6. The first-order chi connectivity index (χ1) is 18.8. The highest BCUT2D eigenvalue weighted by molar-refractivity contribution is 5.75. The van der Waals surface area contributed by atoms with Crippen LogP contribution in [0, 0.1) is 0 Å². The molecule has 2 aliphatic heterocycles. The van der Waals surface area contributed by atoms with Gasteiger partial charge in [-0.3, -0.25) is 4.79 Å². The Morgan fingerprint density at radius 1 is 0.872 bits per heavy atom. The van der Waals surface area contributed by atoms with Crippen LogP contribution in [0.25, 0.3) is 6.08 Å². The van der Waals surface area contributed by atoms with Gasteiger partial charge in [0.2, 0.25) is 12.0 Å². The Kier molecular flexibility index (Phi) is 8.95. The molecule has 0 aromatic heterocycles. The summed E-state index contributed by atoms with van der Waals surface area (Å²) in [7, 11) is 4.27. The van der Waals surface area contributed by atoms with Gasteiger partial charge in [0.25, 0.3) is 0 Å². The van der Waals surface area contributed by atoms with Gasteiger partial charge in [0.1, 0.15) is 36.8 Å². The molecule has 1 fully saturated rings. The van der Waals surface area contributed by atoms with Crippen LogP contribution in [0.3, 0.4) is 0 Å². The minimum absolute atomic E-state index is 0.0306. The van der Waals surface area contributed by atoms with Crippen LogP contribution in [0.5, 0.6) is 28.7 Å². The molecule has 0 bridgehead atoms. The fourth-order valence-electron chi connectivity index (χ4n) is 4.77. The Labute approximate surface area is 224 Å². The summed E-state index contributed by atoms with van der Waals surface area (Å²) in [6, 6.07) is 6.75. The van der Waals surface area contributed by atoms with Gasteiger partial charge in [0.05, 0.1) is 40.5 Å². The minimum Gasteiger partial charge on any atom is -0.493 e. The minimum atomic E-state index is -1.64.